The summed E-state index contributed by atoms with van der Waals surface area (Å²) in [5.74, 6) is 0.919. The molecule has 0 aliphatic rings. The Bertz CT molecular complexity index is 581. The predicted octanol–water partition coefficient (Wildman–Crippen LogP) is 5.67. The van der Waals surface area contributed by atoms with E-state index in [4.69, 9.17) is 4.74 Å². The molecule has 0 fully saturated rings. The second-order valence-electron chi connectivity index (χ2n) is 8.23. The lowest BCUT2D eigenvalue weighted by Gasteiger charge is -2.29. The monoisotopic (exact) mass is 316 g/mol. The third kappa shape index (κ3) is 4.95. The van der Waals surface area contributed by atoms with Gasteiger partial charge in [0.05, 0.1) is 6.61 Å². The standard InChI is InChI=1S/C21H32O2/c1-9-12-23-19-17(15(2)10-11-22)13-16(20(3,4)5)14-18(19)21(6,7)8/h10-11,13-14H,9,12H2,1-8H3/b15-10-. The summed E-state index contributed by atoms with van der Waals surface area (Å²) in [6, 6.07) is 4.44. The summed E-state index contributed by atoms with van der Waals surface area (Å²) >= 11 is 0. The van der Waals surface area contributed by atoms with E-state index in [1.165, 1.54) is 11.1 Å². The Morgan fingerprint density at radius 2 is 1.70 bits per heavy atom. The fraction of sp³-hybridized carbons (Fsp3) is 0.571. The van der Waals surface area contributed by atoms with Crippen molar-refractivity contribution in [1.82, 2.24) is 0 Å². The molecule has 0 spiro atoms. The summed E-state index contributed by atoms with van der Waals surface area (Å²) in [7, 11) is 0. The maximum Gasteiger partial charge on any atom is 0.143 e. The lowest BCUT2D eigenvalue weighted by atomic mass is 9.78. The molecule has 0 atom stereocenters. The molecule has 0 saturated carbocycles. The van der Waals surface area contributed by atoms with Crippen molar-refractivity contribution in [2.24, 2.45) is 0 Å². The molecule has 0 radical (unpaired) electrons. The molecule has 0 aliphatic carbocycles. The highest BCUT2D eigenvalue weighted by atomic mass is 16.5. The zero-order valence-electron chi connectivity index (χ0n) is 16.0. The molecule has 0 amide bonds. The van der Waals surface area contributed by atoms with E-state index >= 15 is 0 Å². The largest absolute Gasteiger partial charge is 0.493 e. The summed E-state index contributed by atoms with van der Waals surface area (Å²) in [5.41, 5.74) is 4.46. The molecular formula is C21H32O2. The summed E-state index contributed by atoms with van der Waals surface area (Å²) in [6.45, 7) is 18.0. The van der Waals surface area contributed by atoms with Gasteiger partial charge in [-0.2, -0.15) is 0 Å². The predicted molar refractivity (Wildman–Crippen MR) is 99.3 cm³/mol. The van der Waals surface area contributed by atoms with Crippen molar-refractivity contribution in [2.75, 3.05) is 6.61 Å². The van der Waals surface area contributed by atoms with E-state index in [1.807, 2.05) is 6.92 Å². The number of benzene rings is 1. The van der Waals surface area contributed by atoms with Crippen molar-refractivity contribution in [3.05, 3.63) is 34.9 Å². The van der Waals surface area contributed by atoms with Crippen LogP contribution in [0.2, 0.25) is 0 Å². The highest BCUT2D eigenvalue weighted by Crippen LogP contribution is 2.40. The van der Waals surface area contributed by atoms with Crippen LogP contribution in [0.15, 0.2) is 18.2 Å². The quantitative estimate of drug-likeness (QED) is 0.516. The molecule has 0 aliphatic heterocycles. The maximum absolute atomic E-state index is 11.0. The molecule has 23 heavy (non-hydrogen) atoms. The molecule has 1 aromatic carbocycles. The van der Waals surface area contributed by atoms with Crippen LogP contribution in [0.1, 0.15) is 78.5 Å². The average molecular weight is 316 g/mol. The molecule has 0 heterocycles. The first-order valence-electron chi connectivity index (χ1n) is 8.46. The zero-order valence-corrected chi connectivity index (χ0v) is 16.0. The lowest BCUT2D eigenvalue weighted by molar-refractivity contribution is -0.104. The summed E-state index contributed by atoms with van der Waals surface area (Å²) < 4.78 is 6.12. The number of ether oxygens (including phenoxy) is 1. The number of carbonyl (C=O) groups is 1. The minimum absolute atomic E-state index is 0.0272. The number of hydrogen-bond donors (Lipinski definition) is 0. The van der Waals surface area contributed by atoms with Crippen LogP contribution < -0.4 is 4.74 Å². The molecular weight excluding hydrogens is 284 g/mol. The first kappa shape index (κ1) is 19.5. The first-order chi connectivity index (χ1) is 10.5. The van der Waals surface area contributed by atoms with Crippen LogP contribution in [-0.2, 0) is 15.6 Å². The van der Waals surface area contributed by atoms with Gasteiger partial charge in [0.25, 0.3) is 0 Å². The van der Waals surface area contributed by atoms with Crippen LogP contribution in [-0.4, -0.2) is 12.9 Å². The Morgan fingerprint density at radius 1 is 1.09 bits per heavy atom. The van der Waals surface area contributed by atoms with Crippen molar-refractivity contribution in [1.29, 1.82) is 0 Å². The van der Waals surface area contributed by atoms with Crippen LogP contribution in [0.4, 0.5) is 0 Å². The van der Waals surface area contributed by atoms with E-state index < -0.39 is 0 Å². The van der Waals surface area contributed by atoms with E-state index in [1.54, 1.807) is 6.08 Å². The van der Waals surface area contributed by atoms with E-state index in [9.17, 15) is 4.79 Å². The Kier molecular flexibility index (Phi) is 6.21. The third-order valence-electron chi connectivity index (χ3n) is 3.96. The second-order valence-corrected chi connectivity index (χ2v) is 8.23. The molecule has 0 bridgehead atoms. The molecule has 2 nitrogen and oxygen atoms in total. The van der Waals surface area contributed by atoms with Crippen LogP contribution in [0.25, 0.3) is 5.57 Å². The molecule has 0 N–H and O–H groups in total. The zero-order chi connectivity index (χ0) is 17.8. The molecule has 1 rings (SSSR count). The van der Waals surface area contributed by atoms with Gasteiger partial charge in [0.1, 0.15) is 12.0 Å². The van der Waals surface area contributed by atoms with Gasteiger partial charge < -0.3 is 4.74 Å². The van der Waals surface area contributed by atoms with Crippen molar-refractivity contribution in [2.45, 2.75) is 72.6 Å². The topological polar surface area (TPSA) is 26.3 Å². The molecule has 2 heteroatoms. The van der Waals surface area contributed by atoms with Gasteiger partial charge in [0, 0.05) is 11.1 Å². The van der Waals surface area contributed by atoms with Crippen LogP contribution in [0, 0.1) is 0 Å². The van der Waals surface area contributed by atoms with Gasteiger partial charge in [-0.25, -0.2) is 0 Å². The number of allylic oxidation sites excluding steroid dienone is 2. The van der Waals surface area contributed by atoms with Gasteiger partial charge in [-0.3, -0.25) is 4.79 Å². The number of hydrogen-bond acceptors (Lipinski definition) is 2. The fourth-order valence-corrected chi connectivity index (χ4v) is 2.46. The van der Waals surface area contributed by atoms with Gasteiger partial charge in [0.2, 0.25) is 0 Å². The smallest absolute Gasteiger partial charge is 0.143 e. The summed E-state index contributed by atoms with van der Waals surface area (Å²) in [4.78, 5) is 11.0. The molecule has 0 unspecified atom stereocenters. The average Bonchev–Trinajstić information content (AvgIpc) is 2.42. The molecule has 0 aromatic heterocycles. The normalized spacial score (nSPS) is 13.1. The minimum Gasteiger partial charge on any atom is -0.493 e. The van der Waals surface area contributed by atoms with Crippen molar-refractivity contribution >= 4 is 11.9 Å². The van der Waals surface area contributed by atoms with Crippen LogP contribution in [0.5, 0.6) is 5.75 Å². The molecule has 0 saturated heterocycles. The Morgan fingerprint density at radius 3 is 2.13 bits per heavy atom. The van der Waals surface area contributed by atoms with Crippen molar-refractivity contribution in [3.8, 4) is 5.75 Å². The minimum atomic E-state index is -0.0272. The Hall–Kier alpha value is -1.57. The van der Waals surface area contributed by atoms with E-state index in [-0.39, 0.29) is 10.8 Å². The third-order valence-corrected chi connectivity index (χ3v) is 3.96. The summed E-state index contributed by atoms with van der Waals surface area (Å²) in [6.07, 6.45) is 3.42. The van der Waals surface area contributed by atoms with Gasteiger partial charge in [0.15, 0.2) is 0 Å². The Labute approximate surface area is 141 Å². The van der Waals surface area contributed by atoms with E-state index in [0.717, 1.165) is 29.6 Å². The van der Waals surface area contributed by atoms with Gasteiger partial charge in [-0.1, -0.05) is 54.5 Å². The highest BCUT2D eigenvalue weighted by Gasteiger charge is 2.26. The second kappa shape index (κ2) is 7.33. The van der Waals surface area contributed by atoms with Gasteiger partial charge in [-0.15, -0.1) is 0 Å². The lowest BCUT2D eigenvalue weighted by Crippen LogP contribution is -2.19. The van der Waals surface area contributed by atoms with Crippen molar-refractivity contribution in [3.63, 3.8) is 0 Å². The van der Waals surface area contributed by atoms with Crippen LogP contribution >= 0.6 is 0 Å². The molecule has 128 valence electrons. The van der Waals surface area contributed by atoms with E-state index in [2.05, 4.69) is 60.6 Å². The van der Waals surface area contributed by atoms with Crippen LogP contribution in [0.3, 0.4) is 0 Å². The summed E-state index contributed by atoms with van der Waals surface area (Å²) in [5, 5.41) is 0. The number of carbonyl (C=O) groups excluding carboxylic acids is 1. The number of aldehydes is 1. The maximum atomic E-state index is 11.0. The number of rotatable bonds is 5. The van der Waals surface area contributed by atoms with Crippen molar-refractivity contribution < 1.29 is 9.53 Å². The van der Waals surface area contributed by atoms with E-state index in [0.29, 0.717) is 6.61 Å². The SMILES string of the molecule is CCCOc1c(/C(C)=C\C=O)cc(C(C)(C)C)cc1C(C)(C)C. The first-order valence-corrected chi connectivity index (χ1v) is 8.46. The van der Waals surface area contributed by atoms with Gasteiger partial charge >= 0.3 is 0 Å². The Balaban J connectivity index is 3.73. The fourth-order valence-electron chi connectivity index (χ4n) is 2.46. The van der Waals surface area contributed by atoms with Gasteiger partial charge in [-0.05, 0) is 47.5 Å². The highest BCUT2D eigenvalue weighted by molar-refractivity contribution is 5.83. The molecule has 1 aromatic rings.